The molecule has 10 heteroatoms. The van der Waals surface area contributed by atoms with E-state index in [-0.39, 0.29) is 11.2 Å². The van der Waals surface area contributed by atoms with Crippen molar-refractivity contribution in [3.63, 3.8) is 0 Å². The van der Waals surface area contributed by atoms with Crippen LogP contribution >= 0.6 is 0 Å². The zero-order chi connectivity index (χ0) is 29.4. The van der Waals surface area contributed by atoms with Crippen molar-refractivity contribution in [2.24, 2.45) is 0 Å². The fourth-order valence-electron chi connectivity index (χ4n) is 5.08. The minimum atomic E-state index is -4.77. The zero-order valence-corrected chi connectivity index (χ0v) is 23.8. The Morgan fingerprint density at radius 3 is 1.80 bits per heavy atom. The standard InChI is InChI=1S/C30H28N2O7S/c1-29(2,3)20-13-17-7-8-19-15-23(30(4,5)6)28(22-11-9-18(14-20)26(17)27(19)22)39-40(37,38)25-12-10-21(31(33)34)16-24(25)32(35)36/h7-16H,1-6H3. The Balaban J connectivity index is 1.81. The highest BCUT2D eigenvalue weighted by Gasteiger charge is 2.33. The molecule has 0 aromatic heterocycles. The normalized spacial score (nSPS) is 12.8. The van der Waals surface area contributed by atoms with Crippen LogP contribution in [0.1, 0.15) is 52.7 Å². The van der Waals surface area contributed by atoms with Crippen LogP contribution in [0.4, 0.5) is 11.4 Å². The Labute approximate surface area is 231 Å². The van der Waals surface area contributed by atoms with Crippen LogP contribution in [0.25, 0.3) is 32.3 Å². The van der Waals surface area contributed by atoms with Crippen molar-refractivity contribution in [2.45, 2.75) is 57.3 Å². The van der Waals surface area contributed by atoms with Crippen LogP contribution in [0.5, 0.6) is 5.75 Å². The van der Waals surface area contributed by atoms with Gasteiger partial charge in [0.1, 0.15) is 0 Å². The van der Waals surface area contributed by atoms with E-state index in [1.54, 1.807) is 0 Å². The first kappa shape index (κ1) is 27.3. The van der Waals surface area contributed by atoms with E-state index in [9.17, 15) is 28.6 Å². The molecule has 0 aliphatic carbocycles. The second kappa shape index (κ2) is 8.85. The van der Waals surface area contributed by atoms with Gasteiger partial charge < -0.3 is 4.18 Å². The van der Waals surface area contributed by atoms with Gasteiger partial charge in [0, 0.05) is 22.4 Å². The molecule has 0 fully saturated rings. The smallest absolute Gasteiger partial charge is 0.346 e. The summed E-state index contributed by atoms with van der Waals surface area (Å²) in [6.45, 7) is 12.2. The molecule has 0 aliphatic heterocycles. The van der Waals surface area contributed by atoms with E-state index in [1.165, 1.54) is 5.56 Å². The van der Waals surface area contributed by atoms with E-state index in [4.69, 9.17) is 4.18 Å². The molecule has 9 nitrogen and oxygen atoms in total. The van der Waals surface area contributed by atoms with E-state index in [0.29, 0.717) is 17.0 Å². The Morgan fingerprint density at radius 2 is 1.27 bits per heavy atom. The highest BCUT2D eigenvalue weighted by atomic mass is 32.2. The number of non-ortho nitro benzene ring substituents is 1. The molecule has 5 aromatic carbocycles. The van der Waals surface area contributed by atoms with Crippen molar-refractivity contribution in [1.29, 1.82) is 0 Å². The average Bonchev–Trinajstić information content (AvgIpc) is 2.85. The van der Waals surface area contributed by atoms with Gasteiger partial charge in [0.05, 0.1) is 15.9 Å². The van der Waals surface area contributed by atoms with Crippen molar-refractivity contribution in [3.05, 3.63) is 92.0 Å². The summed E-state index contributed by atoms with van der Waals surface area (Å²) >= 11 is 0. The van der Waals surface area contributed by atoms with Gasteiger partial charge in [-0.2, -0.15) is 8.42 Å². The van der Waals surface area contributed by atoms with Crippen molar-refractivity contribution >= 4 is 53.8 Å². The molecule has 0 unspecified atom stereocenters. The third-order valence-corrected chi connectivity index (χ3v) is 8.42. The molecule has 0 spiro atoms. The van der Waals surface area contributed by atoms with Gasteiger partial charge in [-0.25, -0.2) is 0 Å². The first-order valence-electron chi connectivity index (χ1n) is 12.6. The lowest BCUT2D eigenvalue weighted by atomic mass is 9.80. The third-order valence-electron chi connectivity index (χ3n) is 7.15. The molecule has 5 aromatic rings. The minimum absolute atomic E-state index is 0.0712. The molecule has 0 N–H and O–H groups in total. The Morgan fingerprint density at radius 1 is 0.700 bits per heavy atom. The largest absolute Gasteiger partial charge is 0.378 e. The van der Waals surface area contributed by atoms with Crippen molar-refractivity contribution in [3.8, 4) is 5.75 Å². The lowest BCUT2D eigenvalue weighted by molar-refractivity contribution is -0.396. The number of benzene rings is 5. The molecule has 0 amide bonds. The van der Waals surface area contributed by atoms with Gasteiger partial charge in [0.2, 0.25) is 0 Å². The van der Waals surface area contributed by atoms with Crippen LogP contribution in [-0.2, 0) is 20.9 Å². The number of nitro benzene ring substituents is 2. The van der Waals surface area contributed by atoms with Crippen molar-refractivity contribution < 1.29 is 22.4 Å². The summed E-state index contributed by atoms with van der Waals surface area (Å²) in [4.78, 5) is 20.3. The maximum Gasteiger partial charge on any atom is 0.346 e. The van der Waals surface area contributed by atoms with E-state index in [2.05, 4.69) is 39.0 Å². The van der Waals surface area contributed by atoms with Crippen LogP contribution in [0.3, 0.4) is 0 Å². The van der Waals surface area contributed by atoms with E-state index >= 15 is 0 Å². The fraction of sp³-hybridized carbons (Fsp3) is 0.267. The molecule has 206 valence electrons. The summed E-state index contributed by atoms with van der Waals surface area (Å²) < 4.78 is 33.0. The molecule has 5 rings (SSSR count). The number of rotatable bonds is 5. The van der Waals surface area contributed by atoms with Crippen LogP contribution in [0.15, 0.2) is 65.6 Å². The first-order chi connectivity index (χ1) is 18.5. The molecule has 0 bridgehead atoms. The zero-order valence-electron chi connectivity index (χ0n) is 22.9. The van der Waals surface area contributed by atoms with Crippen molar-refractivity contribution in [2.75, 3.05) is 0 Å². The summed E-state index contributed by atoms with van der Waals surface area (Å²) in [6, 6.07) is 16.4. The summed E-state index contributed by atoms with van der Waals surface area (Å²) in [5, 5.41) is 28.2. The summed E-state index contributed by atoms with van der Waals surface area (Å²) in [5.41, 5.74) is -0.403. The van der Waals surface area contributed by atoms with E-state index < -0.39 is 41.6 Å². The minimum Gasteiger partial charge on any atom is -0.378 e. The Bertz CT molecular complexity index is 1950. The van der Waals surface area contributed by atoms with Gasteiger partial charge >= 0.3 is 10.1 Å². The Hall–Kier alpha value is -4.31. The Kier molecular flexibility index (Phi) is 6.03. The van der Waals surface area contributed by atoms with E-state index in [0.717, 1.165) is 39.1 Å². The van der Waals surface area contributed by atoms with Crippen molar-refractivity contribution in [1.82, 2.24) is 0 Å². The molecular weight excluding hydrogens is 532 g/mol. The van der Waals surface area contributed by atoms with Gasteiger partial charge in [-0.1, -0.05) is 71.9 Å². The molecule has 0 aliphatic rings. The van der Waals surface area contributed by atoms with E-state index in [1.807, 2.05) is 45.0 Å². The highest BCUT2D eigenvalue weighted by Crippen LogP contribution is 2.46. The SMILES string of the molecule is CC(C)(C)c1cc2ccc3cc(C(C)(C)C)c(OS(=O)(=O)c4ccc([N+](=O)[O-])cc4[N+](=O)[O-])c4ccc(c1)c2c34. The van der Waals surface area contributed by atoms with Crippen LogP contribution in [0.2, 0.25) is 0 Å². The fourth-order valence-corrected chi connectivity index (χ4v) is 6.19. The lowest BCUT2D eigenvalue weighted by Crippen LogP contribution is -2.18. The van der Waals surface area contributed by atoms with Gasteiger partial charge in [-0.05, 0) is 56.1 Å². The van der Waals surface area contributed by atoms with Crippen LogP contribution in [0, 0.1) is 20.2 Å². The number of nitro groups is 2. The highest BCUT2D eigenvalue weighted by molar-refractivity contribution is 7.87. The second-order valence-corrected chi connectivity index (χ2v) is 13.5. The summed E-state index contributed by atoms with van der Waals surface area (Å²) in [6.07, 6.45) is 0. The molecule has 0 atom stereocenters. The lowest BCUT2D eigenvalue weighted by Gasteiger charge is -2.26. The molecule has 0 heterocycles. The summed E-state index contributed by atoms with van der Waals surface area (Å²) in [5.74, 6) is 0.0712. The quantitative estimate of drug-likeness (QED) is 0.0929. The molecule has 40 heavy (non-hydrogen) atoms. The molecule has 0 radical (unpaired) electrons. The molecule has 0 saturated carbocycles. The second-order valence-electron chi connectivity index (χ2n) is 12.0. The first-order valence-corrected chi connectivity index (χ1v) is 14.0. The van der Waals surface area contributed by atoms with Gasteiger partial charge in [-0.15, -0.1) is 0 Å². The van der Waals surface area contributed by atoms with Crippen LogP contribution < -0.4 is 4.18 Å². The number of nitrogens with zero attached hydrogens (tertiary/aromatic N) is 2. The predicted octanol–water partition coefficient (Wildman–Crippen LogP) is 7.76. The average molecular weight is 561 g/mol. The topological polar surface area (TPSA) is 130 Å². The number of hydrogen-bond donors (Lipinski definition) is 0. The van der Waals surface area contributed by atoms with Gasteiger partial charge in [0.25, 0.3) is 11.4 Å². The van der Waals surface area contributed by atoms with Gasteiger partial charge in [-0.3, -0.25) is 20.2 Å². The van der Waals surface area contributed by atoms with Crippen LogP contribution in [-0.4, -0.2) is 18.3 Å². The molecular formula is C30H28N2O7S. The maximum atomic E-state index is 13.6. The predicted molar refractivity (Wildman–Crippen MR) is 155 cm³/mol. The summed E-state index contributed by atoms with van der Waals surface area (Å²) in [7, 11) is -4.77. The monoisotopic (exact) mass is 560 g/mol. The third kappa shape index (κ3) is 4.48. The van der Waals surface area contributed by atoms with Gasteiger partial charge in [0.15, 0.2) is 10.6 Å². The maximum absolute atomic E-state index is 13.6. The molecule has 0 saturated heterocycles. The number of hydrogen-bond acceptors (Lipinski definition) is 7.